The molecule has 0 atom stereocenters. The minimum absolute atomic E-state index is 0.190. The highest BCUT2D eigenvalue weighted by atomic mass is 19.1. The average molecular weight is 242 g/mol. The molecule has 96 valence electrons. The van der Waals surface area contributed by atoms with E-state index >= 15 is 0 Å². The molecule has 0 unspecified atom stereocenters. The van der Waals surface area contributed by atoms with Gasteiger partial charge in [0.15, 0.2) is 0 Å². The third-order valence-corrected chi connectivity index (χ3v) is 2.43. The van der Waals surface area contributed by atoms with Crippen LogP contribution in [0.15, 0.2) is 18.2 Å². The summed E-state index contributed by atoms with van der Waals surface area (Å²) in [5.41, 5.74) is 0.514. The lowest BCUT2D eigenvalue weighted by molar-refractivity contribution is 0.270. The van der Waals surface area contributed by atoms with Crippen LogP contribution in [0.4, 0.5) is 4.39 Å². The zero-order chi connectivity index (χ0) is 12.5. The monoisotopic (exact) mass is 242 g/mol. The maximum Gasteiger partial charge on any atom is 0.127 e. The molecule has 0 aromatic heterocycles. The van der Waals surface area contributed by atoms with E-state index in [1.54, 1.807) is 6.07 Å². The fourth-order valence-corrected chi connectivity index (χ4v) is 1.55. The third kappa shape index (κ3) is 5.65. The van der Waals surface area contributed by atoms with E-state index in [1.807, 2.05) is 0 Å². The van der Waals surface area contributed by atoms with Crippen molar-refractivity contribution in [3.8, 4) is 5.75 Å². The van der Waals surface area contributed by atoms with Crippen LogP contribution in [0, 0.1) is 5.82 Å². The van der Waals surface area contributed by atoms with E-state index in [2.05, 4.69) is 0 Å². The minimum Gasteiger partial charge on any atom is -0.493 e. The highest BCUT2D eigenvalue weighted by molar-refractivity contribution is 5.29. The van der Waals surface area contributed by atoms with Crippen LogP contribution in [-0.2, 0) is 6.61 Å². The molecule has 3 nitrogen and oxygen atoms in total. The molecule has 0 aliphatic carbocycles. The van der Waals surface area contributed by atoms with Crippen LogP contribution in [0.25, 0.3) is 0 Å². The van der Waals surface area contributed by atoms with Gasteiger partial charge in [0.25, 0.3) is 0 Å². The van der Waals surface area contributed by atoms with E-state index in [1.165, 1.54) is 12.1 Å². The first kappa shape index (κ1) is 13.9. The molecule has 0 amide bonds. The van der Waals surface area contributed by atoms with Crippen molar-refractivity contribution in [2.24, 2.45) is 0 Å². The number of benzene rings is 1. The van der Waals surface area contributed by atoms with Gasteiger partial charge < -0.3 is 14.9 Å². The van der Waals surface area contributed by atoms with Crippen molar-refractivity contribution in [2.75, 3.05) is 13.2 Å². The zero-order valence-electron chi connectivity index (χ0n) is 9.86. The van der Waals surface area contributed by atoms with Gasteiger partial charge in [0.1, 0.15) is 11.6 Å². The van der Waals surface area contributed by atoms with Gasteiger partial charge in [0.05, 0.1) is 13.2 Å². The lowest BCUT2D eigenvalue weighted by Gasteiger charge is -2.07. The Bertz CT molecular complexity index is 328. The normalized spacial score (nSPS) is 10.5. The lowest BCUT2D eigenvalue weighted by Crippen LogP contribution is -1.99. The fraction of sp³-hybridized carbons (Fsp3) is 0.538. The zero-order valence-corrected chi connectivity index (χ0v) is 9.86. The summed E-state index contributed by atoms with van der Waals surface area (Å²) in [4.78, 5) is 0. The molecular formula is C13H19FO3. The molecule has 0 aliphatic heterocycles. The van der Waals surface area contributed by atoms with Crippen molar-refractivity contribution in [1.29, 1.82) is 0 Å². The molecule has 0 saturated carbocycles. The summed E-state index contributed by atoms with van der Waals surface area (Å²) in [7, 11) is 0. The molecule has 0 fully saturated rings. The highest BCUT2D eigenvalue weighted by Gasteiger charge is 2.01. The number of hydrogen-bond donors (Lipinski definition) is 2. The summed E-state index contributed by atoms with van der Waals surface area (Å²) in [6.45, 7) is 0.564. The standard InChI is InChI=1S/C13H19FO3/c14-12-7-11(10-16)8-13(9-12)17-6-4-2-1-3-5-15/h7-9,15-16H,1-6,10H2. The Labute approximate surface area is 101 Å². The molecule has 0 spiro atoms. The molecular weight excluding hydrogens is 223 g/mol. The first-order valence-corrected chi connectivity index (χ1v) is 5.90. The van der Waals surface area contributed by atoms with Crippen LogP contribution < -0.4 is 4.74 Å². The predicted molar refractivity (Wildman–Crippen MR) is 63.4 cm³/mol. The van der Waals surface area contributed by atoms with Gasteiger partial charge >= 0.3 is 0 Å². The largest absolute Gasteiger partial charge is 0.493 e. The summed E-state index contributed by atoms with van der Waals surface area (Å²) in [5, 5.41) is 17.5. The molecule has 0 radical (unpaired) electrons. The van der Waals surface area contributed by atoms with Gasteiger partial charge in [-0.3, -0.25) is 0 Å². The van der Waals surface area contributed by atoms with E-state index in [9.17, 15) is 4.39 Å². The van der Waals surface area contributed by atoms with Gasteiger partial charge in [0, 0.05) is 12.7 Å². The predicted octanol–water partition coefficient (Wildman–Crippen LogP) is 2.25. The molecule has 1 aromatic carbocycles. The average Bonchev–Trinajstić information content (AvgIpc) is 2.33. The Kier molecular flexibility index (Phi) is 6.58. The molecule has 0 heterocycles. The van der Waals surface area contributed by atoms with Gasteiger partial charge in [-0.2, -0.15) is 0 Å². The van der Waals surface area contributed by atoms with Crippen molar-refractivity contribution in [3.05, 3.63) is 29.6 Å². The van der Waals surface area contributed by atoms with Crippen molar-refractivity contribution >= 4 is 0 Å². The van der Waals surface area contributed by atoms with Gasteiger partial charge in [-0.25, -0.2) is 4.39 Å². The van der Waals surface area contributed by atoms with Crippen LogP contribution in [0.1, 0.15) is 31.2 Å². The third-order valence-electron chi connectivity index (χ3n) is 2.43. The van der Waals surface area contributed by atoms with Gasteiger partial charge in [0.2, 0.25) is 0 Å². The minimum atomic E-state index is -0.396. The Balaban J connectivity index is 2.28. The van der Waals surface area contributed by atoms with E-state index in [0.29, 0.717) is 17.9 Å². The van der Waals surface area contributed by atoms with Crippen molar-refractivity contribution < 1.29 is 19.3 Å². The van der Waals surface area contributed by atoms with Gasteiger partial charge in [-0.1, -0.05) is 6.42 Å². The Morgan fingerprint density at radius 1 is 1.00 bits per heavy atom. The summed E-state index contributed by atoms with van der Waals surface area (Å²) in [6, 6.07) is 4.23. The van der Waals surface area contributed by atoms with Crippen molar-refractivity contribution in [3.63, 3.8) is 0 Å². The molecule has 0 aliphatic rings. The topological polar surface area (TPSA) is 49.7 Å². The van der Waals surface area contributed by atoms with Crippen molar-refractivity contribution in [2.45, 2.75) is 32.3 Å². The number of halogens is 1. The summed E-state index contributed by atoms with van der Waals surface area (Å²) < 4.78 is 18.5. The number of ether oxygens (including phenoxy) is 1. The van der Waals surface area contributed by atoms with E-state index in [-0.39, 0.29) is 13.2 Å². The Morgan fingerprint density at radius 3 is 2.47 bits per heavy atom. The maximum atomic E-state index is 13.1. The first-order chi connectivity index (χ1) is 8.26. The highest BCUT2D eigenvalue weighted by Crippen LogP contribution is 2.17. The Morgan fingerprint density at radius 2 is 1.76 bits per heavy atom. The second kappa shape index (κ2) is 8.03. The molecule has 2 N–H and O–H groups in total. The summed E-state index contributed by atoms with van der Waals surface area (Å²) in [5.74, 6) is 0.0584. The molecule has 17 heavy (non-hydrogen) atoms. The smallest absolute Gasteiger partial charge is 0.127 e. The van der Waals surface area contributed by atoms with E-state index in [4.69, 9.17) is 14.9 Å². The van der Waals surface area contributed by atoms with E-state index < -0.39 is 5.82 Å². The summed E-state index contributed by atoms with van der Waals surface area (Å²) in [6.07, 6.45) is 3.66. The lowest BCUT2D eigenvalue weighted by atomic mass is 10.2. The van der Waals surface area contributed by atoms with Crippen LogP contribution in [0.5, 0.6) is 5.75 Å². The number of rotatable bonds is 8. The number of aliphatic hydroxyl groups is 2. The second-order valence-electron chi connectivity index (χ2n) is 3.94. The molecule has 4 heteroatoms. The van der Waals surface area contributed by atoms with Crippen molar-refractivity contribution in [1.82, 2.24) is 0 Å². The quantitative estimate of drug-likeness (QED) is 0.687. The number of unbranched alkanes of at least 4 members (excludes halogenated alkanes) is 3. The van der Waals surface area contributed by atoms with Gasteiger partial charge in [-0.05, 0) is 37.0 Å². The van der Waals surface area contributed by atoms with Gasteiger partial charge in [-0.15, -0.1) is 0 Å². The van der Waals surface area contributed by atoms with E-state index in [0.717, 1.165) is 25.7 Å². The van der Waals surface area contributed by atoms with Crippen LogP contribution >= 0.6 is 0 Å². The first-order valence-electron chi connectivity index (χ1n) is 5.90. The fourth-order valence-electron chi connectivity index (χ4n) is 1.55. The molecule has 1 rings (SSSR count). The number of hydrogen-bond acceptors (Lipinski definition) is 3. The molecule has 0 bridgehead atoms. The van der Waals surface area contributed by atoms with Crippen LogP contribution in [0.3, 0.4) is 0 Å². The number of aliphatic hydroxyl groups excluding tert-OH is 2. The SMILES string of the molecule is OCCCCCCOc1cc(F)cc(CO)c1. The maximum absolute atomic E-state index is 13.1. The molecule has 1 aromatic rings. The summed E-state index contributed by atoms with van der Waals surface area (Å²) >= 11 is 0. The second-order valence-corrected chi connectivity index (χ2v) is 3.94. The van der Waals surface area contributed by atoms with Crippen LogP contribution in [-0.4, -0.2) is 23.4 Å². The molecule has 0 saturated heterocycles. The van der Waals surface area contributed by atoms with Crippen LogP contribution in [0.2, 0.25) is 0 Å². The Hall–Kier alpha value is -1.13.